The van der Waals surface area contributed by atoms with E-state index in [1.165, 1.54) is 0 Å². The third kappa shape index (κ3) is 3.77. The van der Waals surface area contributed by atoms with Crippen LogP contribution in [0.3, 0.4) is 0 Å². The fourth-order valence-electron chi connectivity index (χ4n) is 2.04. The molecule has 94 valence electrons. The number of nitrogens with zero attached hydrogens (tertiary/aromatic N) is 2. The summed E-state index contributed by atoms with van der Waals surface area (Å²) in [6.45, 7) is 5.88. The molecule has 1 N–H and O–H groups in total. The van der Waals surface area contributed by atoms with Gasteiger partial charge in [-0.05, 0) is 26.1 Å². The van der Waals surface area contributed by atoms with Crippen LogP contribution in [0.4, 0.5) is 0 Å². The molecule has 1 saturated heterocycles. The van der Waals surface area contributed by atoms with Gasteiger partial charge in [0.15, 0.2) is 0 Å². The van der Waals surface area contributed by atoms with Crippen LogP contribution in [0.15, 0.2) is 24.4 Å². The maximum absolute atomic E-state index is 5.71. The third-order valence-corrected chi connectivity index (χ3v) is 3.12. The molecule has 2 atom stereocenters. The van der Waals surface area contributed by atoms with E-state index in [0.29, 0.717) is 6.10 Å². The quantitative estimate of drug-likeness (QED) is 0.847. The summed E-state index contributed by atoms with van der Waals surface area (Å²) in [4.78, 5) is 6.65. The van der Waals surface area contributed by atoms with Gasteiger partial charge in [-0.25, -0.2) is 0 Å². The highest BCUT2D eigenvalue weighted by Gasteiger charge is 2.18. The molecule has 0 aliphatic carbocycles. The van der Waals surface area contributed by atoms with Crippen molar-refractivity contribution < 1.29 is 4.74 Å². The monoisotopic (exact) mass is 235 g/mol. The molecule has 0 bridgehead atoms. The topological polar surface area (TPSA) is 37.4 Å². The summed E-state index contributed by atoms with van der Waals surface area (Å²) in [5.74, 6) is 0. The van der Waals surface area contributed by atoms with Crippen LogP contribution in [0.5, 0.6) is 0 Å². The van der Waals surface area contributed by atoms with Gasteiger partial charge < -0.3 is 15.0 Å². The van der Waals surface area contributed by atoms with Gasteiger partial charge in [-0.15, -0.1) is 0 Å². The Morgan fingerprint density at radius 1 is 1.59 bits per heavy atom. The first-order valence-electron chi connectivity index (χ1n) is 6.20. The fraction of sp³-hybridized carbons (Fsp3) is 0.615. The lowest BCUT2D eigenvalue weighted by molar-refractivity contribution is -0.0191. The molecule has 2 rings (SSSR count). The molecular weight excluding hydrogens is 214 g/mol. The Balaban J connectivity index is 1.78. The molecule has 17 heavy (non-hydrogen) atoms. The first kappa shape index (κ1) is 12.5. The lowest BCUT2D eigenvalue weighted by Gasteiger charge is -2.30. The van der Waals surface area contributed by atoms with Gasteiger partial charge in [0.1, 0.15) is 0 Å². The molecule has 1 fully saturated rings. The van der Waals surface area contributed by atoms with Crippen molar-refractivity contribution in [2.75, 3.05) is 33.3 Å². The summed E-state index contributed by atoms with van der Waals surface area (Å²) in [5, 5.41) is 3.47. The fourth-order valence-corrected chi connectivity index (χ4v) is 2.04. The normalized spacial score (nSPS) is 23.5. The van der Waals surface area contributed by atoms with Crippen LogP contribution in [-0.2, 0) is 4.74 Å². The number of rotatable bonds is 4. The lowest BCUT2D eigenvalue weighted by atomic mass is 10.2. The van der Waals surface area contributed by atoms with E-state index in [9.17, 15) is 0 Å². The molecule has 0 spiro atoms. The van der Waals surface area contributed by atoms with Gasteiger partial charge in [-0.1, -0.05) is 6.07 Å². The van der Waals surface area contributed by atoms with Crippen molar-refractivity contribution in [1.82, 2.24) is 15.2 Å². The van der Waals surface area contributed by atoms with E-state index < -0.39 is 0 Å². The molecular formula is C13H21N3O. The Morgan fingerprint density at radius 2 is 2.47 bits per heavy atom. The minimum absolute atomic E-state index is 0.270. The highest BCUT2D eigenvalue weighted by atomic mass is 16.5. The molecule has 0 aromatic carbocycles. The van der Waals surface area contributed by atoms with Gasteiger partial charge in [-0.3, -0.25) is 4.98 Å². The van der Waals surface area contributed by atoms with Gasteiger partial charge in [0.2, 0.25) is 0 Å². The average Bonchev–Trinajstić information content (AvgIpc) is 2.37. The Hall–Kier alpha value is -0.970. The summed E-state index contributed by atoms with van der Waals surface area (Å²) in [5.41, 5.74) is 1.08. The largest absolute Gasteiger partial charge is 0.374 e. The number of morpholine rings is 1. The average molecular weight is 235 g/mol. The number of nitrogens with one attached hydrogen (secondary N) is 1. The predicted octanol–water partition coefficient (Wildman–Crippen LogP) is 1.06. The zero-order chi connectivity index (χ0) is 12.1. The first-order chi connectivity index (χ1) is 8.25. The molecule has 1 aliphatic rings. The van der Waals surface area contributed by atoms with E-state index in [4.69, 9.17) is 4.74 Å². The standard InChI is InChI=1S/C13H21N3O/c1-11(13-5-3-4-6-14-13)15-9-12-10-16(2)7-8-17-12/h3-6,11-12,15H,7-10H2,1-2H3. The third-order valence-electron chi connectivity index (χ3n) is 3.12. The lowest BCUT2D eigenvalue weighted by Crippen LogP contribution is -2.45. The van der Waals surface area contributed by atoms with Crippen molar-refractivity contribution in [3.63, 3.8) is 0 Å². The van der Waals surface area contributed by atoms with Crippen molar-refractivity contribution in [2.45, 2.75) is 19.1 Å². The van der Waals surface area contributed by atoms with Gasteiger partial charge in [0, 0.05) is 31.9 Å². The minimum Gasteiger partial charge on any atom is -0.374 e. The smallest absolute Gasteiger partial charge is 0.0826 e. The summed E-state index contributed by atoms with van der Waals surface area (Å²) in [6.07, 6.45) is 2.12. The Labute approximate surface area is 103 Å². The molecule has 0 amide bonds. The molecule has 4 nitrogen and oxygen atoms in total. The summed E-state index contributed by atoms with van der Waals surface area (Å²) < 4.78 is 5.71. The van der Waals surface area contributed by atoms with Crippen molar-refractivity contribution in [1.29, 1.82) is 0 Å². The number of pyridine rings is 1. The molecule has 2 unspecified atom stereocenters. The van der Waals surface area contributed by atoms with Gasteiger partial charge >= 0.3 is 0 Å². The number of ether oxygens (including phenoxy) is 1. The molecule has 1 aromatic rings. The van der Waals surface area contributed by atoms with Crippen molar-refractivity contribution >= 4 is 0 Å². The second-order valence-corrected chi connectivity index (χ2v) is 4.64. The summed E-state index contributed by atoms with van der Waals surface area (Å²) in [7, 11) is 2.14. The van der Waals surface area contributed by atoms with E-state index >= 15 is 0 Å². The SMILES string of the molecule is CC(NCC1CN(C)CCO1)c1ccccn1. The number of hydrogen-bond donors (Lipinski definition) is 1. The Kier molecular flexibility index (Phi) is 4.48. The zero-order valence-electron chi connectivity index (χ0n) is 10.6. The van der Waals surface area contributed by atoms with E-state index in [1.807, 2.05) is 24.4 Å². The molecule has 0 radical (unpaired) electrons. The first-order valence-corrected chi connectivity index (χ1v) is 6.20. The van der Waals surface area contributed by atoms with Crippen LogP contribution in [0.25, 0.3) is 0 Å². The minimum atomic E-state index is 0.270. The van der Waals surface area contributed by atoms with Crippen LogP contribution in [0.1, 0.15) is 18.7 Å². The molecule has 1 aliphatic heterocycles. The zero-order valence-corrected chi connectivity index (χ0v) is 10.6. The van der Waals surface area contributed by atoms with Gasteiger partial charge in [0.05, 0.1) is 18.4 Å². The van der Waals surface area contributed by atoms with Crippen LogP contribution < -0.4 is 5.32 Å². The van der Waals surface area contributed by atoms with Crippen LogP contribution in [-0.4, -0.2) is 49.3 Å². The Morgan fingerprint density at radius 3 is 3.18 bits per heavy atom. The highest BCUT2D eigenvalue weighted by molar-refractivity contribution is 5.07. The highest BCUT2D eigenvalue weighted by Crippen LogP contribution is 2.09. The van der Waals surface area contributed by atoms with Crippen LogP contribution in [0, 0.1) is 0 Å². The number of likely N-dealkylation sites (N-methyl/N-ethyl adjacent to an activating group) is 1. The maximum atomic E-state index is 5.71. The van der Waals surface area contributed by atoms with E-state index in [-0.39, 0.29) is 6.04 Å². The molecule has 1 aromatic heterocycles. The van der Waals surface area contributed by atoms with Crippen LogP contribution >= 0.6 is 0 Å². The van der Waals surface area contributed by atoms with Crippen molar-refractivity contribution in [3.05, 3.63) is 30.1 Å². The van der Waals surface area contributed by atoms with Crippen molar-refractivity contribution in [2.24, 2.45) is 0 Å². The summed E-state index contributed by atoms with van der Waals surface area (Å²) >= 11 is 0. The second kappa shape index (κ2) is 6.10. The Bertz CT molecular complexity index is 331. The molecule has 4 heteroatoms. The maximum Gasteiger partial charge on any atom is 0.0826 e. The van der Waals surface area contributed by atoms with Gasteiger partial charge in [-0.2, -0.15) is 0 Å². The molecule has 2 heterocycles. The van der Waals surface area contributed by atoms with Crippen molar-refractivity contribution in [3.8, 4) is 0 Å². The van der Waals surface area contributed by atoms with Gasteiger partial charge in [0.25, 0.3) is 0 Å². The number of hydrogen-bond acceptors (Lipinski definition) is 4. The number of aromatic nitrogens is 1. The second-order valence-electron chi connectivity index (χ2n) is 4.64. The predicted molar refractivity (Wildman–Crippen MR) is 67.9 cm³/mol. The van der Waals surface area contributed by atoms with E-state index in [0.717, 1.165) is 31.9 Å². The van der Waals surface area contributed by atoms with Crippen LogP contribution in [0.2, 0.25) is 0 Å². The summed E-state index contributed by atoms with van der Waals surface area (Å²) in [6, 6.07) is 6.28. The van der Waals surface area contributed by atoms with E-state index in [1.54, 1.807) is 0 Å². The molecule has 0 saturated carbocycles. The van der Waals surface area contributed by atoms with E-state index in [2.05, 4.69) is 29.2 Å².